The predicted molar refractivity (Wildman–Crippen MR) is 113 cm³/mol. The average molecular weight is 475 g/mol. The number of hydrogen-bond donors (Lipinski definition) is 1. The van der Waals surface area contributed by atoms with Crippen LogP contribution in [0.5, 0.6) is 0 Å². The number of piperidine rings is 1. The van der Waals surface area contributed by atoms with Crippen molar-refractivity contribution >= 4 is 11.7 Å². The maximum atomic E-state index is 14.4. The Balaban J connectivity index is 1.42. The Kier molecular flexibility index (Phi) is 5.25. The third kappa shape index (κ3) is 3.76. The van der Waals surface area contributed by atoms with Crippen LogP contribution in [-0.2, 0) is 6.18 Å². The van der Waals surface area contributed by atoms with Gasteiger partial charge in [0.25, 0.3) is 5.91 Å². The number of nitrogens with one attached hydrogen (secondary N) is 1. The number of carbonyl (C=O) groups is 1. The maximum Gasteiger partial charge on any atom is 0.417 e. The van der Waals surface area contributed by atoms with Crippen LogP contribution in [-0.4, -0.2) is 53.9 Å². The van der Waals surface area contributed by atoms with Gasteiger partial charge in [0.05, 0.1) is 24.0 Å². The molecule has 1 saturated heterocycles. The van der Waals surface area contributed by atoms with E-state index in [-0.39, 0.29) is 41.5 Å². The molecule has 4 atom stereocenters. The molecule has 12 heteroatoms. The van der Waals surface area contributed by atoms with Gasteiger partial charge in [-0.2, -0.15) is 23.4 Å². The van der Waals surface area contributed by atoms with Gasteiger partial charge in [-0.15, -0.1) is 4.80 Å². The number of aromatic nitrogens is 5. The molecule has 0 radical (unpaired) electrons. The van der Waals surface area contributed by atoms with Crippen LogP contribution in [0.2, 0.25) is 0 Å². The SMILES string of the molecule is Cc1ccc(-n2nccn2)c(C(=O)N2[C@H](C)[C@H]3C[C@@H](Nc4ncc(C(F)(F)F)cc4F)[C@@H]2C3)n1. The van der Waals surface area contributed by atoms with E-state index in [0.29, 0.717) is 36.5 Å². The van der Waals surface area contributed by atoms with Gasteiger partial charge in [-0.3, -0.25) is 4.79 Å². The summed E-state index contributed by atoms with van der Waals surface area (Å²) >= 11 is 0. The smallest absolute Gasteiger partial charge is 0.363 e. The molecule has 0 aromatic carbocycles. The molecule has 1 N–H and O–H groups in total. The number of alkyl halides is 3. The largest absolute Gasteiger partial charge is 0.417 e. The molecule has 1 aliphatic heterocycles. The summed E-state index contributed by atoms with van der Waals surface area (Å²) < 4.78 is 52.9. The molecule has 3 aromatic heterocycles. The van der Waals surface area contributed by atoms with E-state index in [0.717, 1.165) is 0 Å². The summed E-state index contributed by atoms with van der Waals surface area (Å²) in [5.41, 5.74) is 0.143. The van der Waals surface area contributed by atoms with E-state index in [2.05, 4.69) is 25.5 Å². The second kappa shape index (κ2) is 8.03. The summed E-state index contributed by atoms with van der Waals surface area (Å²) in [6, 6.07) is 3.18. The minimum Gasteiger partial charge on any atom is -0.363 e. The zero-order valence-corrected chi connectivity index (χ0v) is 18.3. The van der Waals surface area contributed by atoms with Crippen molar-refractivity contribution in [2.24, 2.45) is 5.92 Å². The van der Waals surface area contributed by atoms with Crippen molar-refractivity contribution in [1.82, 2.24) is 29.9 Å². The quantitative estimate of drug-likeness (QED) is 0.580. The Morgan fingerprint density at radius 1 is 1.18 bits per heavy atom. The number of anilines is 1. The lowest BCUT2D eigenvalue weighted by Gasteiger charge is -2.38. The van der Waals surface area contributed by atoms with Gasteiger partial charge in [0, 0.05) is 24.0 Å². The van der Waals surface area contributed by atoms with Crippen molar-refractivity contribution in [2.75, 3.05) is 5.32 Å². The van der Waals surface area contributed by atoms with Gasteiger partial charge >= 0.3 is 6.18 Å². The Morgan fingerprint density at radius 3 is 2.56 bits per heavy atom. The first-order valence-electron chi connectivity index (χ1n) is 10.8. The lowest BCUT2D eigenvalue weighted by Crippen LogP contribution is -2.52. The van der Waals surface area contributed by atoms with Gasteiger partial charge < -0.3 is 10.2 Å². The monoisotopic (exact) mass is 475 g/mol. The number of halogens is 4. The van der Waals surface area contributed by atoms with E-state index in [1.807, 2.05) is 6.92 Å². The number of likely N-dealkylation sites (tertiary alicyclic amines) is 1. The Labute approximate surface area is 192 Å². The lowest BCUT2D eigenvalue weighted by molar-refractivity contribution is -0.138. The minimum atomic E-state index is -4.68. The van der Waals surface area contributed by atoms with Crippen LogP contribution < -0.4 is 5.32 Å². The van der Waals surface area contributed by atoms with E-state index in [4.69, 9.17) is 0 Å². The first-order chi connectivity index (χ1) is 16.1. The van der Waals surface area contributed by atoms with Crippen LogP contribution in [0.25, 0.3) is 5.69 Å². The van der Waals surface area contributed by atoms with Crippen molar-refractivity contribution in [3.63, 3.8) is 0 Å². The molecule has 5 rings (SSSR count). The summed E-state index contributed by atoms with van der Waals surface area (Å²) in [5, 5.41) is 11.2. The van der Waals surface area contributed by atoms with Crippen molar-refractivity contribution in [3.05, 3.63) is 59.6 Å². The molecule has 2 bridgehead atoms. The van der Waals surface area contributed by atoms with Crippen LogP contribution >= 0.6 is 0 Å². The molecule has 34 heavy (non-hydrogen) atoms. The summed E-state index contributed by atoms with van der Waals surface area (Å²) in [6.45, 7) is 3.73. The molecule has 4 heterocycles. The highest BCUT2D eigenvalue weighted by Crippen LogP contribution is 2.44. The van der Waals surface area contributed by atoms with E-state index < -0.39 is 17.6 Å². The number of pyridine rings is 2. The van der Waals surface area contributed by atoms with Gasteiger partial charge in [-0.1, -0.05) is 0 Å². The zero-order chi connectivity index (χ0) is 24.2. The maximum absolute atomic E-state index is 14.4. The molecular weight excluding hydrogens is 454 g/mol. The zero-order valence-electron chi connectivity index (χ0n) is 18.3. The highest BCUT2D eigenvalue weighted by molar-refractivity contribution is 5.96. The van der Waals surface area contributed by atoms with Crippen molar-refractivity contribution in [3.8, 4) is 5.69 Å². The number of aryl methyl sites for hydroxylation is 1. The molecule has 3 aromatic rings. The Bertz CT molecular complexity index is 1230. The van der Waals surface area contributed by atoms with Gasteiger partial charge in [0.1, 0.15) is 5.69 Å². The molecular formula is C22H21F4N7O. The van der Waals surface area contributed by atoms with E-state index in [1.165, 1.54) is 17.2 Å². The van der Waals surface area contributed by atoms with Gasteiger partial charge in [-0.25, -0.2) is 14.4 Å². The molecule has 1 saturated carbocycles. The van der Waals surface area contributed by atoms with Crippen LogP contribution in [0.4, 0.5) is 23.4 Å². The highest BCUT2D eigenvalue weighted by atomic mass is 19.4. The third-order valence-corrected chi connectivity index (χ3v) is 6.62. The number of nitrogens with zero attached hydrogens (tertiary/aromatic N) is 6. The Hall–Kier alpha value is -3.57. The second-order valence-corrected chi connectivity index (χ2v) is 8.69. The highest BCUT2D eigenvalue weighted by Gasteiger charge is 2.52. The minimum absolute atomic E-state index is 0.0818. The predicted octanol–water partition coefficient (Wildman–Crippen LogP) is 3.63. The molecule has 2 aliphatic rings. The van der Waals surface area contributed by atoms with E-state index >= 15 is 0 Å². The molecule has 0 spiro atoms. The number of amides is 1. The van der Waals surface area contributed by atoms with E-state index in [9.17, 15) is 22.4 Å². The first-order valence-corrected chi connectivity index (χ1v) is 10.8. The lowest BCUT2D eigenvalue weighted by atomic mass is 9.97. The van der Waals surface area contributed by atoms with Crippen LogP contribution in [0, 0.1) is 18.7 Å². The normalized spacial score (nSPS) is 24.0. The molecule has 2 fully saturated rings. The van der Waals surface area contributed by atoms with Crippen molar-refractivity contribution < 1.29 is 22.4 Å². The van der Waals surface area contributed by atoms with Crippen molar-refractivity contribution in [2.45, 2.75) is 51.0 Å². The fourth-order valence-corrected chi connectivity index (χ4v) is 4.98. The third-order valence-electron chi connectivity index (χ3n) is 6.62. The van der Waals surface area contributed by atoms with Crippen LogP contribution in [0.1, 0.15) is 41.5 Å². The number of carbonyl (C=O) groups excluding carboxylic acids is 1. The number of rotatable bonds is 4. The summed E-state index contributed by atoms with van der Waals surface area (Å²) in [5.74, 6) is -1.50. The summed E-state index contributed by atoms with van der Waals surface area (Å²) in [7, 11) is 0. The van der Waals surface area contributed by atoms with Crippen LogP contribution in [0.15, 0.2) is 36.8 Å². The summed E-state index contributed by atoms with van der Waals surface area (Å²) in [6.07, 6.45) is 0.254. The topological polar surface area (TPSA) is 88.8 Å². The average Bonchev–Trinajstić information content (AvgIpc) is 3.51. The first kappa shape index (κ1) is 22.2. The molecule has 0 unspecified atom stereocenters. The summed E-state index contributed by atoms with van der Waals surface area (Å²) in [4.78, 5) is 24.9. The number of fused-ring (bicyclic) bond motifs is 2. The van der Waals surface area contributed by atoms with Gasteiger partial charge in [0.2, 0.25) is 0 Å². The standard InChI is InChI=1S/C22H21F4N7O/c1-11-3-4-17(33-28-5-6-29-33)19(30-11)21(34)32-12(2)13-7-16(18(32)8-13)31-20-15(23)9-14(10-27-20)22(24,25)26/h3-6,9-10,12-13,16,18H,7-8H2,1-2H3,(H,27,31)/t12-,13+,16-,18+/m1/s1. The molecule has 178 valence electrons. The van der Waals surface area contributed by atoms with Gasteiger partial charge in [0.15, 0.2) is 17.3 Å². The molecule has 1 aliphatic carbocycles. The van der Waals surface area contributed by atoms with Crippen LogP contribution in [0.3, 0.4) is 0 Å². The van der Waals surface area contributed by atoms with Gasteiger partial charge in [-0.05, 0) is 50.8 Å². The van der Waals surface area contributed by atoms with E-state index in [1.54, 1.807) is 24.0 Å². The number of hydrogen-bond acceptors (Lipinski definition) is 6. The van der Waals surface area contributed by atoms with Crippen molar-refractivity contribution in [1.29, 1.82) is 0 Å². The molecule has 8 nitrogen and oxygen atoms in total. The fourth-order valence-electron chi connectivity index (χ4n) is 4.98. The fraction of sp³-hybridized carbons (Fsp3) is 0.409. The second-order valence-electron chi connectivity index (χ2n) is 8.69. The molecule has 1 amide bonds. The Morgan fingerprint density at radius 2 is 1.91 bits per heavy atom.